The van der Waals surface area contributed by atoms with Crippen molar-refractivity contribution in [3.05, 3.63) is 64.9 Å². The van der Waals surface area contributed by atoms with Crippen LogP contribution in [0, 0.1) is 19.3 Å². The van der Waals surface area contributed by atoms with E-state index in [9.17, 15) is 13.2 Å². The number of carbonyl (C=O) groups excluding carboxylic acids is 1. The monoisotopic (exact) mass is 605 g/mol. The number of hydrogen-bond acceptors (Lipinski definition) is 6. The molecular formula is C28H36BrN3O5S. The molecule has 0 bridgehead atoms. The fourth-order valence-corrected chi connectivity index (χ4v) is 6.02. The maximum atomic E-state index is 14.1. The molecule has 0 radical (unpaired) electrons. The highest BCUT2D eigenvalue weighted by Gasteiger charge is 2.32. The minimum atomic E-state index is -4.11. The van der Waals surface area contributed by atoms with Crippen LogP contribution >= 0.6 is 15.9 Å². The van der Waals surface area contributed by atoms with Crippen LogP contribution in [0.4, 0.5) is 5.82 Å². The van der Waals surface area contributed by atoms with Crippen LogP contribution in [0.2, 0.25) is 0 Å². The number of ether oxygens (including phenoxy) is 1. The van der Waals surface area contributed by atoms with Crippen molar-refractivity contribution in [3.63, 3.8) is 0 Å². The van der Waals surface area contributed by atoms with E-state index in [0.29, 0.717) is 35.2 Å². The van der Waals surface area contributed by atoms with Crippen LogP contribution in [-0.4, -0.2) is 45.3 Å². The fraction of sp³-hybridized carbons (Fsp3) is 0.429. The first-order chi connectivity index (χ1) is 17.8. The zero-order valence-electron chi connectivity index (χ0n) is 23.0. The van der Waals surface area contributed by atoms with Gasteiger partial charge in [-0.1, -0.05) is 78.3 Å². The summed E-state index contributed by atoms with van der Waals surface area (Å²) in [4.78, 5) is 14.7. The molecule has 1 aromatic heterocycles. The minimum Gasteiger partial charge on any atom is -0.363 e. The van der Waals surface area contributed by atoms with Gasteiger partial charge in [-0.25, -0.2) is 12.7 Å². The molecule has 0 N–H and O–H groups in total. The van der Waals surface area contributed by atoms with Gasteiger partial charge in [0, 0.05) is 43.6 Å². The molecule has 0 saturated carbocycles. The highest BCUT2D eigenvalue weighted by atomic mass is 79.9. The summed E-state index contributed by atoms with van der Waals surface area (Å²) >= 11 is 3.51. The largest absolute Gasteiger partial charge is 0.363 e. The van der Waals surface area contributed by atoms with Gasteiger partial charge in [-0.2, -0.15) is 0 Å². The van der Waals surface area contributed by atoms with E-state index in [2.05, 4.69) is 21.1 Å². The Labute approximate surface area is 234 Å². The molecule has 206 valence electrons. The number of aromatic nitrogens is 1. The normalized spacial score (nSPS) is 12.0. The third kappa shape index (κ3) is 6.65. The number of alkyl halides is 1. The summed E-state index contributed by atoms with van der Waals surface area (Å²) in [5, 5.41) is 4.63. The molecule has 0 fully saturated rings. The summed E-state index contributed by atoms with van der Waals surface area (Å²) in [6.07, 6.45) is 0.407. The van der Waals surface area contributed by atoms with Gasteiger partial charge >= 0.3 is 0 Å². The van der Waals surface area contributed by atoms with Crippen LogP contribution in [0.25, 0.3) is 11.1 Å². The first kappa shape index (κ1) is 29.9. The van der Waals surface area contributed by atoms with Crippen LogP contribution in [-0.2, 0) is 31.4 Å². The lowest BCUT2D eigenvalue weighted by Crippen LogP contribution is -2.34. The Hall–Kier alpha value is -2.69. The summed E-state index contributed by atoms with van der Waals surface area (Å²) in [6.45, 7) is 9.67. The number of benzene rings is 2. The lowest BCUT2D eigenvalue weighted by Gasteiger charge is -2.26. The molecule has 1 amide bonds. The number of sulfonamides is 1. The fourth-order valence-electron chi connectivity index (χ4n) is 4.09. The van der Waals surface area contributed by atoms with E-state index >= 15 is 0 Å². The maximum Gasteiger partial charge on any atom is 0.268 e. The Morgan fingerprint density at radius 1 is 1.11 bits per heavy atom. The van der Waals surface area contributed by atoms with Crippen molar-refractivity contribution in [2.45, 2.75) is 57.8 Å². The first-order valence-corrected chi connectivity index (χ1v) is 14.8. The number of nitrogens with zero attached hydrogens (tertiary/aromatic N) is 3. The number of anilines is 1. The summed E-state index contributed by atoms with van der Waals surface area (Å²) in [5.74, 6) is 0.735. The molecule has 3 aromatic rings. The molecule has 0 saturated heterocycles. The maximum absolute atomic E-state index is 14.1. The number of carbonyl (C=O) groups is 1. The number of aryl methyl sites for hydroxylation is 1. The van der Waals surface area contributed by atoms with Crippen LogP contribution in [0.5, 0.6) is 0 Å². The Balaban J connectivity index is 2.13. The Bertz CT molecular complexity index is 1400. The molecule has 10 heteroatoms. The summed E-state index contributed by atoms with van der Waals surface area (Å²) < 4.78 is 39.8. The van der Waals surface area contributed by atoms with Crippen molar-refractivity contribution in [3.8, 4) is 11.1 Å². The van der Waals surface area contributed by atoms with E-state index in [1.165, 1.54) is 7.11 Å². The highest BCUT2D eigenvalue weighted by Crippen LogP contribution is 2.36. The lowest BCUT2D eigenvalue weighted by molar-refractivity contribution is -0.132. The van der Waals surface area contributed by atoms with Crippen LogP contribution < -0.4 is 4.31 Å². The van der Waals surface area contributed by atoms with Gasteiger partial charge in [0.05, 0.1) is 4.90 Å². The second-order valence-electron chi connectivity index (χ2n) is 10.6. The first-order valence-electron chi connectivity index (χ1n) is 12.3. The Morgan fingerprint density at radius 3 is 2.37 bits per heavy atom. The number of methoxy groups -OCH3 is 1. The van der Waals surface area contributed by atoms with Gasteiger partial charge in [0.25, 0.3) is 10.0 Å². The SMILES string of the molecule is COCN(c1noc(C)c1C)S(=O)(=O)c1ccccc1-c1ccc(CBr)cc1CN(C)C(=O)CC(C)(C)C. The molecule has 1 heterocycles. The molecule has 0 unspecified atom stereocenters. The van der Waals surface area contributed by atoms with E-state index in [1.54, 1.807) is 50.1 Å². The Kier molecular flexibility index (Phi) is 9.43. The van der Waals surface area contributed by atoms with Crippen molar-refractivity contribution < 1.29 is 22.5 Å². The van der Waals surface area contributed by atoms with Crippen molar-refractivity contribution in [1.29, 1.82) is 0 Å². The zero-order chi connectivity index (χ0) is 28.3. The molecule has 0 aliphatic carbocycles. The van der Waals surface area contributed by atoms with Crippen LogP contribution in [0.1, 0.15) is 49.6 Å². The molecular weight excluding hydrogens is 570 g/mol. The van der Waals surface area contributed by atoms with Crippen LogP contribution in [0.3, 0.4) is 0 Å². The number of amides is 1. The predicted molar refractivity (Wildman–Crippen MR) is 153 cm³/mol. The van der Waals surface area contributed by atoms with E-state index in [-0.39, 0.29) is 28.8 Å². The average molecular weight is 607 g/mol. The molecule has 2 aromatic carbocycles. The van der Waals surface area contributed by atoms with E-state index in [1.807, 2.05) is 39.0 Å². The van der Waals surface area contributed by atoms with Gasteiger partial charge in [-0.15, -0.1) is 0 Å². The zero-order valence-corrected chi connectivity index (χ0v) is 25.4. The second kappa shape index (κ2) is 12.0. The van der Waals surface area contributed by atoms with Crippen molar-refractivity contribution >= 4 is 37.7 Å². The lowest BCUT2D eigenvalue weighted by atomic mass is 9.91. The molecule has 0 aliphatic rings. The van der Waals surface area contributed by atoms with Gasteiger partial charge in [-0.05, 0) is 42.0 Å². The molecule has 0 atom stereocenters. The van der Waals surface area contributed by atoms with Gasteiger partial charge in [0.1, 0.15) is 12.5 Å². The molecule has 0 spiro atoms. The smallest absolute Gasteiger partial charge is 0.268 e. The standard InChI is InChI=1S/C28H36BrN3O5S/c1-19-20(2)37-30-27(19)32(18-36-7)38(34,35)25-11-9-8-10-24(25)23-13-12-21(16-29)14-22(23)17-31(6)26(33)15-28(3,4)5/h8-14H,15-18H2,1-7H3. The summed E-state index contributed by atoms with van der Waals surface area (Å²) in [5.41, 5.74) is 3.60. The molecule has 8 nitrogen and oxygen atoms in total. The third-order valence-electron chi connectivity index (χ3n) is 6.20. The van der Waals surface area contributed by atoms with Gasteiger partial charge in [0.2, 0.25) is 5.91 Å². The van der Waals surface area contributed by atoms with Crippen molar-refractivity contribution in [1.82, 2.24) is 10.1 Å². The number of hydrogen-bond donors (Lipinski definition) is 0. The van der Waals surface area contributed by atoms with Crippen LogP contribution in [0.15, 0.2) is 51.9 Å². The summed E-state index contributed by atoms with van der Waals surface area (Å²) in [6, 6.07) is 12.7. The second-order valence-corrected chi connectivity index (χ2v) is 13.0. The van der Waals surface area contributed by atoms with Crippen molar-refractivity contribution in [2.24, 2.45) is 5.41 Å². The van der Waals surface area contributed by atoms with Gasteiger partial charge < -0.3 is 14.2 Å². The van der Waals surface area contributed by atoms with Crippen molar-refractivity contribution in [2.75, 3.05) is 25.2 Å². The van der Waals surface area contributed by atoms with Gasteiger partial charge in [-0.3, -0.25) is 4.79 Å². The van der Waals surface area contributed by atoms with E-state index < -0.39 is 10.0 Å². The highest BCUT2D eigenvalue weighted by molar-refractivity contribution is 9.08. The minimum absolute atomic E-state index is 0.0248. The molecule has 0 aliphatic heterocycles. The number of halogens is 1. The molecule has 3 rings (SSSR count). The Morgan fingerprint density at radius 2 is 1.79 bits per heavy atom. The molecule has 38 heavy (non-hydrogen) atoms. The van der Waals surface area contributed by atoms with E-state index in [4.69, 9.17) is 9.26 Å². The van der Waals surface area contributed by atoms with Gasteiger partial charge in [0.15, 0.2) is 5.82 Å². The quantitative estimate of drug-likeness (QED) is 0.206. The third-order valence-corrected chi connectivity index (χ3v) is 8.62. The topological polar surface area (TPSA) is 92.9 Å². The van der Waals surface area contributed by atoms with E-state index in [0.717, 1.165) is 21.0 Å². The average Bonchev–Trinajstić information content (AvgIpc) is 3.18. The number of rotatable bonds is 10. The predicted octanol–water partition coefficient (Wildman–Crippen LogP) is 6.05. The summed E-state index contributed by atoms with van der Waals surface area (Å²) in [7, 11) is -0.906.